The van der Waals surface area contributed by atoms with Crippen LogP contribution in [0.4, 0.5) is 0 Å². The molecule has 0 fully saturated rings. The molecule has 1 N–H and O–H groups in total. The van der Waals surface area contributed by atoms with Gasteiger partial charge in [0.1, 0.15) is 5.75 Å². The van der Waals surface area contributed by atoms with Crippen molar-refractivity contribution < 1.29 is 5.11 Å². The van der Waals surface area contributed by atoms with Crippen LogP contribution in [0.15, 0.2) is 54.6 Å². The highest BCUT2D eigenvalue weighted by Crippen LogP contribution is 2.37. The molecular formula is C18H16O. The van der Waals surface area contributed by atoms with E-state index in [4.69, 9.17) is 0 Å². The van der Waals surface area contributed by atoms with Gasteiger partial charge in [-0.2, -0.15) is 0 Å². The first-order valence-corrected chi connectivity index (χ1v) is 6.45. The van der Waals surface area contributed by atoms with Gasteiger partial charge in [0.15, 0.2) is 0 Å². The number of hydrogen-bond donors (Lipinski definition) is 1. The van der Waals surface area contributed by atoms with Crippen molar-refractivity contribution in [2.75, 3.05) is 0 Å². The summed E-state index contributed by atoms with van der Waals surface area (Å²) in [6.07, 6.45) is 0. The van der Waals surface area contributed by atoms with E-state index in [1.54, 1.807) is 6.07 Å². The quantitative estimate of drug-likeness (QED) is 0.654. The zero-order valence-corrected chi connectivity index (χ0v) is 11.1. The number of aryl methyl sites for hydroxylation is 2. The second-order valence-corrected chi connectivity index (χ2v) is 5.00. The van der Waals surface area contributed by atoms with Gasteiger partial charge >= 0.3 is 0 Å². The van der Waals surface area contributed by atoms with Gasteiger partial charge in [0.2, 0.25) is 0 Å². The molecule has 19 heavy (non-hydrogen) atoms. The van der Waals surface area contributed by atoms with Crippen molar-refractivity contribution in [1.29, 1.82) is 0 Å². The molecule has 1 heteroatoms. The van der Waals surface area contributed by atoms with Gasteiger partial charge in [0.25, 0.3) is 0 Å². The maximum atomic E-state index is 10.3. The second-order valence-electron chi connectivity index (χ2n) is 5.00. The summed E-state index contributed by atoms with van der Waals surface area (Å²) in [7, 11) is 0. The molecule has 0 amide bonds. The lowest BCUT2D eigenvalue weighted by molar-refractivity contribution is 0.478. The summed E-state index contributed by atoms with van der Waals surface area (Å²) in [6, 6.07) is 18.2. The summed E-state index contributed by atoms with van der Waals surface area (Å²) in [5.74, 6) is 0.339. The van der Waals surface area contributed by atoms with Crippen molar-refractivity contribution in [2.24, 2.45) is 0 Å². The summed E-state index contributed by atoms with van der Waals surface area (Å²) < 4.78 is 0. The maximum absolute atomic E-state index is 10.3. The molecule has 0 heterocycles. The Labute approximate surface area is 113 Å². The van der Waals surface area contributed by atoms with Crippen LogP contribution in [0, 0.1) is 13.8 Å². The fraction of sp³-hybridized carbons (Fsp3) is 0.111. The smallest absolute Gasteiger partial charge is 0.124 e. The molecule has 94 valence electrons. The third-order valence-corrected chi connectivity index (χ3v) is 3.56. The van der Waals surface area contributed by atoms with Crippen LogP contribution >= 0.6 is 0 Å². The molecule has 0 aromatic heterocycles. The van der Waals surface area contributed by atoms with E-state index in [9.17, 15) is 5.11 Å². The van der Waals surface area contributed by atoms with Crippen LogP contribution in [0.5, 0.6) is 5.75 Å². The van der Waals surface area contributed by atoms with E-state index < -0.39 is 0 Å². The van der Waals surface area contributed by atoms with Gasteiger partial charge in [-0.1, -0.05) is 54.1 Å². The van der Waals surface area contributed by atoms with Gasteiger partial charge in [-0.15, -0.1) is 0 Å². The summed E-state index contributed by atoms with van der Waals surface area (Å²) in [5, 5.41) is 12.5. The lowest BCUT2D eigenvalue weighted by Gasteiger charge is -2.12. The Bertz CT molecular complexity index is 757. The van der Waals surface area contributed by atoms with E-state index in [0.717, 1.165) is 21.9 Å². The minimum absolute atomic E-state index is 0.339. The van der Waals surface area contributed by atoms with Crippen molar-refractivity contribution in [3.8, 4) is 16.9 Å². The van der Waals surface area contributed by atoms with Gasteiger partial charge in [0, 0.05) is 5.56 Å². The number of aromatic hydroxyl groups is 1. The number of hydrogen-bond acceptors (Lipinski definition) is 1. The average molecular weight is 248 g/mol. The van der Waals surface area contributed by atoms with Crippen LogP contribution in [0.3, 0.4) is 0 Å². The molecule has 3 rings (SSSR count). The van der Waals surface area contributed by atoms with Crippen molar-refractivity contribution >= 4 is 10.8 Å². The molecule has 0 saturated heterocycles. The molecule has 0 saturated carbocycles. The lowest BCUT2D eigenvalue weighted by Crippen LogP contribution is -1.87. The van der Waals surface area contributed by atoms with E-state index in [2.05, 4.69) is 44.2 Å². The molecule has 0 atom stereocenters. The molecule has 0 aliphatic heterocycles. The lowest BCUT2D eigenvalue weighted by atomic mass is 9.93. The highest BCUT2D eigenvalue weighted by atomic mass is 16.3. The maximum Gasteiger partial charge on any atom is 0.124 e. The van der Waals surface area contributed by atoms with Crippen LogP contribution in [0.1, 0.15) is 11.1 Å². The fourth-order valence-corrected chi connectivity index (χ4v) is 2.64. The van der Waals surface area contributed by atoms with Crippen molar-refractivity contribution in [1.82, 2.24) is 0 Å². The Morgan fingerprint density at radius 1 is 0.842 bits per heavy atom. The Hall–Kier alpha value is -2.28. The number of phenolic OH excluding ortho intramolecular Hbond substituents is 1. The van der Waals surface area contributed by atoms with E-state index >= 15 is 0 Å². The number of benzene rings is 3. The SMILES string of the molecule is Cc1ccc(-c2c(O)ccc3ccccc23)c(C)c1. The topological polar surface area (TPSA) is 20.2 Å². The fourth-order valence-electron chi connectivity index (χ4n) is 2.64. The van der Waals surface area contributed by atoms with E-state index in [1.807, 2.05) is 18.2 Å². The van der Waals surface area contributed by atoms with Crippen LogP contribution in [-0.4, -0.2) is 5.11 Å². The molecule has 0 radical (unpaired) electrons. The van der Waals surface area contributed by atoms with Crippen LogP contribution in [-0.2, 0) is 0 Å². The zero-order valence-electron chi connectivity index (χ0n) is 11.1. The molecule has 0 unspecified atom stereocenters. The molecule has 0 aliphatic rings. The third kappa shape index (κ3) is 1.97. The van der Waals surface area contributed by atoms with Gasteiger partial charge in [-0.05, 0) is 41.8 Å². The van der Waals surface area contributed by atoms with E-state index in [0.29, 0.717) is 5.75 Å². The summed E-state index contributed by atoms with van der Waals surface area (Å²) in [5.41, 5.74) is 4.45. The number of fused-ring (bicyclic) bond motifs is 1. The molecule has 0 spiro atoms. The summed E-state index contributed by atoms with van der Waals surface area (Å²) in [4.78, 5) is 0. The Kier molecular flexibility index (Phi) is 2.75. The van der Waals surface area contributed by atoms with Gasteiger partial charge < -0.3 is 5.11 Å². The molecule has 1 nitrogen and oxygen atoms in total. The summed E-state index contributed by atoms with van der Waals surface area (Å²) >= 11 is 0. The first-order valence-electron chi connectivity index (χ1n) is 6.45. The Balaban J connectivity index is 2.38. The molecule has 3 aromatic rings. The van der Waals surface area contributed by atoms with Gasteiger partial charge in [-0.25, -0.2) is 0 Å². The van der Waals surface area contributed by atoms with Crippen molar-refractivity contribution in [3.05, 3.63) is 65.7 Å². The average Bonchev–Trinajstić information content (AvgIpc) is 2.40. The van der Waals surface area contributed by atoms with Crippen LogP contribution < -0.4 is 0 Å². The predicted molar refractivity (Wildman–Crippen MR) is 80.5 cm³/mol. The highest BCUT2D eigenvalue weighted by molar-refractivity contribution is 6.00. The minimum atomic E-state index is 0.339. The van der Waals surface area contributed by atoms with Gasteiger partial charge in [0.05, 0.1) is 0 Å². The first kappa shape index (κ1) is 11.8. The monoisotopic (exact) mass is 248 g/mol. The normalized spacial score (nSPS) is 10.8. The van der Waals surface area contributed by atoms with Crippen molar-refractivity contribution in [3.63, 3.8) is 0 Å². The zero-order chi connectivity index (χ0) is 13.4. The Morgan fingerprint density at radius 2 is 1.63 bits per heavy atom. The summed E-state index contributed by atoms with van der Waals surface area (Å²) in [6.45, 7) is 4.17. The number of phenols is 1. The number of rotatable bonds is 1. The molecule has 0 aliphatic carbocycles. The largest absolute Gasteiger partial charge is 0.507 e. The molecule has 3 aromatic carbocycles. The highest BCUT2D eigenvalue weighted by Gasteiger charge is 2.11. The predicted octanol–water partition coefficient (Wildman–Crippen LogP) is 4.83. The van der Waals surface area contributed by atoms with Crippen LogP contribution in [0.25, 0.3) is 21.9 Å². The molecule has 0 bridgehead atoms. The van der Waals surface area contributed by atoms with E-state index in [-0.39, 0.29) is 0 Å². The first-order chi connectivity index (χ1) is 9.16. The van der Waals surface area contributed by atoms with Gasteiger partial charge in [-0.3, -0.25) is 0 Å². The standard InChI is InChI=1S/C18H16O/c1-12-7-9-15(13(2)11-12)18-16-6-4-3-5-14(16)8-10-17(18)19/h3-11,19H,1-2H3. The Morgan fingerprint density at radius 3 is 2.42 bits per heavy atom. The minimum Gasteiger partial charge on any atom is -0.507 e. The third-order valence-electron chi connectivity index (χ3n) is 3.56. The molecular weight excluding hydrogens is 232 g/mol. The van der Waals surface area contributed by atoms with Crippen molar-refractivity contribution in [2.45, 2.75) is 13.8 Å². The van der Waals surface area contributed by atoms with E-state index in [1.165, 1.54) is 11.1 Å². The second kappa shape index (κ2) is 4.43. The van der Waals surface area contributed by atoms with Crippen LogP contribution in [0.2, 0.25) is 0 Å².